The van der Waals surface area contributed by atoms with Gasteiger partial charge in [-0.1, -0.05) is 29.8 Å². The third-order valence-corrected chi connectivity index (χ3v) is 4.39. The number of halogens is 1. The number of benzene rings is 2. The molecule has 0 amide bonds. The van der Waals surface area contributed by atoms with Gasteiger partial charge in [0.25, 0.3) is 10.0 Å². The second-order valence-electron chi connectivity index (χ2n) is 4.23. The van der Waals surface area contributed by atoms with Gasteiger partial charge in [-0.25, -0.2) is 8.42 Å². The van der Waals surface area contributed by atoms with Crippen molar-refractivity contribution in [3.8, 4) is 5.75 Å². The Kier molecular flexibility index (Phi) is 4.72. The van der Waals surface area contributed by atoms with Crippen LogP contribution in [0.2, 0.25) is 5.02 Å². The van der Waals surface area contributed by atoms with E-state index in [0.717, 1.165) is 0 Å². The number of rotatable bonds is 5. The molecule has 0 aliphatic rings. The molecule has 2 N–H and O–H groups in total. The number of ether oxygens (including phenoxy) is 1. The minimum atomic E-state index is -3.88. The molecular formula is C14H14ClNO4S. The minimum absolute atomic E-state index is 0.0744. The maximum absolute atomic E-state index is 12.5. The summed E-state index contributed by atoms with van der Waals surface area (Å²) in [5.74, 6) is 0.0744. The lowest BCUT2D eigenvalue weighted by Gasteiger charge is -2.14. The van der Waals surface area contributed by atoms with Crippen LogP contribution in [0.1, 0.15) is 5.56 Å². The van der Waals surface area contributed by atoms with E-state index in [4.69, 9.17) is 16.3 Å². The first kappa shape index (κ1) is 15.6. The fraction of sp³-hybridized carbons (Fsp3) is 0.143. The normalized spacial score (nSPS) is 11.2. The number of nitrogens with one attached hydrogen (secondary N) is 1. The van der Waals surface area contributed by atoms with Gasteiger partial charge in [-0.3, -0.25) is 4.72 Å². The summed E-state index contributed by atoms with van der Waals surface area (Å²) < 4.78 is 32.5. The molecule has 0 radical (unpaired) electrons. The highest BCUT2D eigenvalue weighted by Gasteiger charge is 2.23. The van der Waals surface area contributed by atoms with Crippen molar-refractivity contribution in [1.29, 1.82) is 0 Å². The lowest BCUT2D eigenvalue weighted by Crippen LogP contribution is -2.15. The van der Waals surface area contributed by atoms with Crippen LogP contribution in [0.5, 0.6) is 5.75 Å². The van der Waals surface area contributed by atoms with E-state index in [-0.39, 0.29) is 22.3 Å². The summed E-state index contributed by atoms with van der Waals surface area (Å²) in [5, 5.41) is 9.50. The second kappa shape index (κ2) is 6.34. The quantitative estimate of drug-likeness (QED) is 0.885. The van der Waals surface area contributed by atoms with Gasteiger partial charge in [0, 0.05) is 16.3 Å². The van der Waals surface area contributed by atoms with Crippen LogP contribution in [0.15, 0.2) is 47.4 Å². The van der Waals surface area contributed by atoms with Crippen molar-refractivity contribution in [1.82, 2.24) is 0 Å². The molecule has 0 heterocycles. The molecule has 0 fully saturated rings. The monoisotopic (exact) mass is 327 g/mol. The lowest BCUT2D eigenvalue weighted by molar-refractivity contribution is 0.272. The maximum atomic E-state index is 12.5. The Morgan fingerprint density at radius 3 is 2.48 bits per heavy atom. The molecule has 2 rings (SSSR count). The average Bonchev–Trinajstić information content (AvgIpc) is 2.46. The lowest BCUT2D eigenvalue weighted by atomic mass is 10.2. The van der Waals surface area contributed by atoms with Gasteiger partial charge < -0.3 is 9.84 Å². The number of para-hydroxylation sites is 1. The summed E-state index contributed by atoms with van der Waals surface area (Å²) in [6.07, 6.45) is 0. The second-order valence-corrected chi connectivity index (χ2v) is 6.31. The summed E-state index contributed by atoms with van der Waals surface area (Å²) in [7, 11) is -2.54. The first-order chi connectivity index (χ1) is 9.97. The summed E-state index contributed by atoms with van der Waals surface area (Å²) in [5.41, 5.74) is 0.725. The van der Waals surface area contributed by atoms with Gasteiger partial charge >= 0.3 is 0 Å². The highest BCUT2D eigenvalue weighted by molar-refractivity contribution is 7.92. The molecule has 0 aliphatic carbocycles. The Hall–Kier alpha value is -1.76. The average molecular weight is 328 g/mol. The number of aliphatic hydroxyl groups excluding tert-OH is 1. The predicted molar refractivity (Wildman–Crippen MR) is 81.2 cm³/mol. The Morgan fingerprint density at radius 1 is 1.24 bits per heavy atom. The van der Waals surface area contributed by atoms with Crippen LogP contribution in [0, 0.1) is 0 Å². The van der Waals surface area contributed by atoms with Gasteiger partial charge in [-0.2, -0.15) is 0 Å². The summed E-state index contributed by atoms with van der Waals surface area (Å²) in [4.78, 5) is -0.120. The van der Waals surface area contributed by atoms with Crippen molar-refractivity contribution in [3.63, 3.8) is 0 Å². The Bertz CT molecular complexity index is 732. The molecular weight excluding hydrogens is 314 g/mol. The van der Waals surface area contributed by atoms with Crippen molar-refractivity contribution in [2.75, 3.05) is 11.8 Å². The van der Waals surface area contributed by atoms with Crippen LogP contribution in [-0.4, -0.2) is 20.6 Å². The summed E-state index contributed by atoms with van der Waals surface area (Å²) >= 11 is 5.91. The zero-order valence-corrected chi connectivity index (χ0v) is 12.8. The summed E-state index contributed by atoms with van der Waals surface area (Å²) in [6, 6.07) is 11.2. The van der Waals surface area contributed by atoms with Crippen molar-refractivity contribution in [3.05, 3.63) is 53.1 Å². The maximum Gasteiger partial charge on any atom is 0.265 e. The molecule has 0 saturated heterocycles. The van der Waals surface area contributed by atoms with Gasteiger partial charge in [0.2, 0.25) is 0 Å². The fourth-order valence-corrected chi connectivity index (χ4v) is 3.49. The Morgan fingerprint density at radius 2 is 1.90 bits per heavy atom. The van der Waals surface area contributed by atoms with Gasteiger partial charge in [0.15, 0.2) is 0 Å². The zero-order chi connectivity index (χ0) is 15.5. The van der Waals surface area contributed by atoms with Crippen LogP contribution < -0.4 is 9.46 Å². The van der Waals surface area contributed by atoms with Crippen LogP contribution >= 0.6 is 11.6 Å². The molecule has 0 unspecified atom stereocenters. The van der Waals surface area contributed by atoms with Crippen LogP contribution in [0.25, 0.3) is 0 Å². The first-order valence-corrected chi connectivity index (χ1v) is 7.89. The van der Waals surface area contributed by atoms with Crippen molar-refractivity contribution < 1.29 is 18.3 Å². The van der Waals surface area contributed by atoms with Crippen LogP contribution in [0.4, 0.5) is 5.69 Å². The molecule has 112 valence electrons. The first-order valence-electron chi connectivity index (χ1n) is 6.03. The molecule has 2 aromatic rings. The molecule has 7 heteroatoms. The molecule has 21 heavy (non-hydrogen) atoms. The molecule has 0 saturated carbocycles. The standard InChI is InChI=1S/C14H14ClNO4S/c1-20-14-10(9-17)7-11(15)8-13(14)21(18,19)16-12-5-3-2-4-6-12/h2-8,16-17H,9H2,1H3. The van der Waals surface area contributed by atoms with E-state index in [2.05, 4.69) is 4.72 Å². The summed E-state index contributed by atoms with van der Waals surface area (Å²) in [6.45, 7) is -0.377. The van der Waals surface area contributed by atoms with E-state index >= 15 is 0 Å². The van der Waals surface area contributed by atoms with Gasteiger partial charge in [0.1, 0.15) is 10.6 Å². The van der Waals surface area contributed by atoms with Gasteiger partial charge in [-0.15, -0.1) is 0 Å². The molecule has 5 nitrogen and oxygen atoms in total. The number of sulfonamides is 1. The third kappa shape index (κ3) is 3.47. The fourth-order valence-electron chi connectivity index (χ4n) is 1.89. The smallest absolute Gasteiger partial charge is 0.265 e. The minimum Gasteiger partial charge on any atom is -0.495 e. The van der Waals surface area contributed by atoms with E-state index in [9.17, 15) is 13.5 Å². The highest BCUT2D eigenvalue weighted by Crippen LogP contribution is 2.32. The molecule has 0 bridgehead atoms. The number of anilines is 1. The van der Waals surface area contributed by atoms with Crippen molar-refractivity contribution in [2.24, 2.45) is 0 Å². The molecule has 0 spiro atoms. The van der Waals surface area contributed by atoms with Crippen LogP contribution in [-0.2, 0) is 16.6 Å². The van der Waals surface area contributed by atoms with E-state index in [1.165, 1.54) is 19.2 Å². The van der Waals surface area contributed by atoms with E-state index in [0.29, 0.717) is 11.3 Å². The third-order valence-electron chi connectivity index (χ3n) is 2.79. The zero-order valence-electron chi connectivity index (χ0n) is 11.2. The van der Waals surface area contributed by atoms with Gasteiger partial charge in [-0.05, 0) is 24.3 Å². The number of hydrogen-bond donors (Lipinski definition) is 2. The van der Waals surface area contributed by atoms with E-state index < -0.39 is 10.0 Å². The molecule has 2 aromatic carbocycles. The van der Waals surface area contributed by atoms with E-state index in [1.807, 2.05) is 0 Å². The van der Waals surface area contributed by atoms with Gasteiger partial charge in [0.05, 0.1) is 13.7 Å². The van der Waals surface area contributed by atoms with Crippen molar-refractivity contribution >= 4 is 27.3 Å². The predicted octanol–water partition coefficient (Wildman–Crippen LogP) is 2.64. The SMILES string of the molecule is COc1c(CO)cc(Cl)cc1S(=O)(=O)Nc1ccccc1. The van der Waals surface area contributed by atoms with Crippen molar-refractivity contribution in [2.45, 2.75) is 11.5 Å². The number of aliphatic hydroxyl groups is 1. The largest absolute Gasteiger partial charge is 0.495 e. The van der Waals surface area contributed by atoms with Crippen LogP contribution in [0.3, 0.4) is 0 Å². The highest BCUT2D eigenvalue weighted by atomic mass is 35.5. The topological polar surface area (TPSA) is 75.6 Å². The molecule has 0 aromatic heterocycles. The Labute approximate surface area is 128 Å². The molecule has 0 atom stereocenters. The molecule has 0 aliphatic heterocycles. The number of hydrogen-bond acceptors (Lipinski definition) is 4. The van der Waals surface area contributed by atoms with E-state index in [1.54, 1.807) is 30.3 Å². The Balaban J connectivity index is 2.51. The number of methoxy groups -OCH3 is 1.